The van der Waals surface area contributed by atoms with E-state index < -0.39 is 0 Å². The molecule has 1 saturated heterocycles. The molecule has 2 rings (SSSR count). The first kappa shape index (κ1) is 14.6. The van der Waals surface area contributed by atoms with E-state index in [1.165, 1.54) is 0 Å². The van der Waals surface area contributed by atoms with Crippen molar-refractivity contribution in [2.75, 3.05) is 20.3 Å². The van der Waals surface area contributed by atoms with Gasteiger partial charge in [-0.25, -0.2) is 0 Å². The molecule has 2 atom stereocenters. The lowest BCUT2D eigenvalue weighted by atomic mass is 10.1. The SMILES string of the molecule is COc1ccccc1C=CC(=O)N1C(C)COCC1C. The molecule has 1 fully saturated rings. The van der Waals surface area contributed by atoms with Crippen LogP contribution in [-0.4, -0.2) is 43.2 Å². The number of carbonyl (C=O) groups excluding carboxylic acids is 1. The van der Waals surface area contributed by atoms with Gasteiger partial charge >= 0.3 is 0 Å². The van der Waals surface area contributed by atoms with Crippen molar-refractivity contribution in [2.45, 2.75) is 25.9 Å². The Labute approximate surface area is 120 Å². The van der Waals surface area contributed by atoms with Gasteiger partial charge in [-0.05, 0) is 26.0 Å². The molecule has 0 aliphatic carbocycles. The Morgan fingerprint density at radius 2 is 1.95 bits per heavy atom. The fourth-order valence-corrected chi connectivity index (χ4v) is 2.49. The van der Waals surface area contributed by atoms with Gasteiger partial charge in [0.15, 0.2) is 0 Å². The van der Waals surface area contributed by atoms with Gasteiger partial charge in [0, 0.05) is 11.6 Å². The van der Waals surface area contributed by atoms with E-state index in [0.717, 1.165) is 11.3 Å². The molecule has 4 nitrogen and oxygen atoms in total. The normalized spacial score (nSPS) is 23.1. The molecule has 1 aromatic carbocycles. The topological polar surface area (TPSA) is 38.8 Å². The van der Waals surface area contributed by atoms with E-state index in [4.69, 9.17) is 9.47 Å². The molecule has 0 aromatic heterocycles. The van der Waals surface area contributed by atoms with Gasteiger partial charge in [-0.3, -0.25) is 4.79 Å². The largest absolute Gasteiger partial charge is 0.496 e. The third-order valence-corrected chi connectivity index (χ3v) is 3.47. The smallest absolute Gasteiger partial charge is 0.247 e. The second-order valence-electron chi connectivity index (χ2n) is 5.06. The van der Waals surface area contributed by atoms with E-state index in [1.54, 1.807) is 19.3 Å². The highest BCUT2D eigenvalue weighted by atomic mass is 16.5. The highest BCUT2D eigenvalue weighted by Crippen LogP contribution is 2.19. The Bertz CT molecular complexity index is 488. The molecule has 0 saturated carbocycles. The molecule has 20 heavy (non-hydrogen) atoms. The van der Waals surface area contributed by atoms with Crippen LogP contribution in [0.5, 0.6) is 5.75 Å². The van der Waals surface area contributed by atoms with E-state index in [9.17, 15) is 4.79 Å². The summed E-state index contributed by atoms with van der Waals surface area (Å²) < 4.78 is 10.7. The van der Waals surface area contributed by atoms with E-state index in [2.05, 4.69) is 0 Å². The Morgan fingerprint density at radius 3 is 2.60 bits per heavy atom. The van der Waals surface area contributed by atoms with E-state index in [-0.39, 0.29) is 18.0 Å². The summed E-state index contributed by atoms with van der Waals surface area (Å²) in [4.78, 5) is 14.2. The Balaban J connectivity index is 2.12. The molecule has 108 valence electrons. The van der Waals surface area contributed by atoms with Crippen LogP contribution in [0.3, 0.4) is 0 Å². The van der Waals surface area contributed by atoms with Crippen molar-refractivity contribution in [2.24, 2.45) is 0 Å². The molecule has 1 aromatic rings. The van der Waals surface area contributed by atoms with Gasteiger partial charge in [0.1, 0.15) is 5.75 Å². The Hall–Kier alpha value is -1.81. The van der Waals surface area contributed by atoms with Gasteiger partial charge < -0.3 is 14.4 Å². The summed E-state index contributed by atoms with van der Waals surface area (Å²) in [7, 11) is 1.63. The van der Waals surface area contributed by atoms with Crippen LogP contribution >= 0.6 is 0 Å². The number of amides is 1. The summed E-state index contributed by atoms with van der Waals surface area (Å²) in [5.41, 5.74) is 0.900. The molecule has 4 heteroatoms. The molecular formula is C16H21NO3. The third-order valence-electron chi connectivity index (χ3n) is 3.47. The number of benzene rings is 1. The predicted molar refractivity (Wildman–Crippen MR) is 78.6 cm³/mol. The minimum Gasteiger partial charge on any atom is -0.496 e. The van der Waals surface area contributed by atoms with Gasteiger partial charge in [-0.2, -0.15) is 0 Å². The summed E-state index contributed by atoms with van der Waals surface area (Å²) in [6.07, 6.45) is 3.41. The molecule has 1 amide bonds. The lowest BCUT2D eigenvalue weighted by molar-refractivity contribution is -0.138. The summed E-state index contributed by atoms with van der Waals surface area (Å²) >= 11 is 0. The lowest BCUT2D eigenvalue weighted by Gasteiger charge is -2.38. The maximum absolute atomic E-state index is 12.3. The molecule has 0 radical (unpaired) electrons. The van der Waals surface area contributed by atoms with E-state index in [0.29, 0.717) is 13.2 Å². The Morgan fingerprint density at radius 1 is 1.30 bits per heavy atom. The minimum absolute atomic E-state index is 0.0132. The number of rotatable bonds is 3. The summed E-state index contributed by atoms with van der Waals surface area (Å²) in [5, 5.41) is 0. The van der Waals surface area contributed by atoms with Crippen molar-refractivity contribution in [3.05, 3.63) is 35.9 Å². The molecule has 0 N–H and O–H groups in total. The number of hydrogen-bond acceptors (Lipinski definition) is 3. The van der Waals surface area contributed by atoms with Crippen molar-refractivity contribution in [1.29, 1.82) is 0 Å². The van der Waals surface area contributed by atoms with Crippen LogP contribution in [0.2, 0.25) is 0 Å². The standard InChI is InChI=1S/C16H21NO3/c1-12-10-20-11-13(2)17(12)16(18)9-8-14-6-4-5-7-15(14)19-3/h4-9,12-13H,10-11H2,1-3H3. The van der Waals surface area contributed by atoms with Gasteiger partial charge in [0.05, 0.1) is 32.4 Å². The zero-order valence-corrected chi connectivity index (χ0v) is 12.2. The second-order valence-corrected chi connectivity index (χ2v) is 5.06. The van der Waals surface area contributed by atoms with Crippen molar-refractivity contribution < 1.29 is 14.3 Å². The number of para-hydroxylation sites is 1. The highest BCUT2D eigenvalue weighted by molar-refractivity contribution is 5.92. The third kappa shape index (κ3) is 3.20. The van der Waals surface area contributed by atoms with Crippen LogP contribution in [0, 0.1) is 0 Å². The molecule has 1 aliphatic rings. The van der Waals surface area contributed by atoms with Crippen molar-refractivity contribution in [3.63, 3.8) is 0 Å². The van der Waals surface area contributed by atoms with Gasteiger partial charge in [-0.1, -0.05) is 18.2 Å². The molecule has 0 spiro atoms. The summed E-state index contributed by atoms with van der Waals surface area (Å²) in [5.74, 6) is 0.777. The fraction of sp³-hybridized carbons (Fsp3) is 0.438. The number of carbonyl (C=O) groups is 1. The van der Waals surface area contributed by atoms with Crippen molar-refractivity contribution in [1.82, 2.24) is 4.90 Å². The highest BCUT2D eigenvalue weighted by Gasteiger charge is 2.28. The van der Waals surface area contributed by atoms with Gasteiger partial charge in [0.25, 0.3) is 0 Å². The van der Waals surface area contributed by atoms with Gasteiger partial charge in [0.2, 0.25) is 5.91 Å². The molecule has 0 bridgehead atoms. The lowest BCUT2D eigenvalue weighted by Crippen LogP contribution is -2.51. The monoisotopic (exact) mass is 275 g/mol. The molecule has 1 aliphatic heterocycles. The average Bonchev–Trinajstić information content (AvgIpc) is 2.45. The first-order chi connectivity index (χ1) is 9.63. The summed E-state index contributed by atoms with van der Waals surface area (Å²) in [6, 6.07) is 7.84. The molecule has 2 unspecified atom stereocenters. The van der Waals surface area contributed by atoms with Crippen LogP contribution in [0.25, 0.3) is 6.08 Å². The minimum atomic E-state index is 0.0132. The first-order valence-corrected chi connectivity index (χ1v) is 6.84. The molecular weight excluding hydrogens is 254 g/mol. The zero-order valence-electron chi connectivity index (χ0n) is 12.2. The quantitative estimate of drug-likeness (QED) is 0.795. The number of nitrogens with zero attached hydrogens (tertiary/aromatic N) is 1. The van der Waals surface area contributed by atoms with Crippen molar-refractivity contribution in [3.8, 4) is 5.75 Å². The zero-order chi connectivity index (χ0) is 14.5. The maximum atomic E-state index is 12.3. The average molecular weight is 275 g/mol. The first-order valence-electron chi connectivity index (χ1n) is 6.84. The Kier molecular flexibility index (Phi) is 4.79. The second kappa shape index (κ2) is 6.57. The molecule has 1 heterocycles. The number of ether oxygens (including phenoxy) is 2. The van der Waals surface area contributed by atoms with Crippen LogP contribution < -0.4 is 4.74 Å². The van der Waals surface area contributed by atoms with Crippen LogP contribution in [0.15, 0.2) is 30.3 Å². The fourth-order valence-electron chi connectivity index (χ4n) is 2.49. The van der Waals surface area contributed by atoms with Crippen LogP contribution in [0.1, 0.15) is 19.4 Å². The van der Waals surface area contributed by atoms with Crippen molar-refractivity contribution >= 4 is 12.0 Å². The number of hydrogen-bond donors (Lipinski definition) is 0. The number of morpholine rings is 1. The maximum Gasteiger partial charge on any atom is 0.247 e. The van der Waals surface area contributed by atoms with Crippen LogP contribution in [-0.2, 0) is 9.53 Å². The van der Waals surface area contributed by atoms with E-state index >= 15 is 0 Å². The number of methoxy groups -OCH3 is 1. The van der Waals surface area contributed by atoms with Crippen LogP contribution in [0.4, 0.5) is 0 Å². The van der Waals surface area contributed by atoms with E-state index in [1.807, 2.05) is 43.0 Å². The van der Waals surface area contributed by atoms with Gasteiger partial charge in [-0.15, -0.1) is 0 Å². The predicted octanol–water partition coefficient (Wildman–Crippen LogP) is 2.34. The summed E-state index contributed by atoms with van der Waals surface area (Å²) in [6.45, 7) is 5.20.